The number of alkyl halides is 2. The molecule has 1 aromatic carbocycles. The van der Waals surface area contributed by atoms with Gasteiger partial charge in [-0.2, -0.15) is 0 Å². The van der Waals surface area contributed by atoms with Gasteiger partial charge in [0.25, 0.3) is 6.43 Å². The Morgan fingerprint density at radius 1 is 1.25 bits per heavy atom. The Balaban J connectivity index is 1.49. The van der Waals surface area contributed by atoms with Crippen molar-refractivity contribution < 1.29 is 23.4 Å². The Kier molecular flexibility index (Phi) is 4.84. The van der Waals surface area contributed by atoms with Gasteiger partial charge in [0.2, 0.25) is 5.88 Å². The molecule has 0 saturated carbocycles. The number of nitrogens with zero attached hydrogens (tertiary/aromatic N) is 4. The van der Waals surface area contributed by atoms with Crippen LogP contribution in [-0.4, -0.2) is 57.7 Å². The lowest BCUT2D eigenvalue weighted by Crippen LogP contribution is -2.57. The first-order valence-electron chi connectivity index (χ1n) is 10.0. The molecule has 0 aliphatic carbocycles. The highest BCUT2D eigenvalue weighted by Crippen LogP contribution is 2.46. The molecule has 2 N–H and O–H groups in total. The minimum absolute atomic E-state index is 0.0142. The average Bonchev–Trinajstić information content (AvgIpc) is 3.20. The molecule has 3 aromatic rings. The van der Waals surface area contributed by atoms with Crippen molar-refractivity contribution >= 4 is 17.8 Å². The number of anilines is 2. The van der Waals surface area contributed by atoms with Gasteiger partial charge in [0, 0.05) is 36.4 Å². The molecule has 2 aliphatic rings. The van der Waals surface area contributed by atoms with Crippen molar-refractivity contribution in [2.45, 2.75) is 24.5 Å². The molecule has 0 amide bonds. The third-order valence-electron chi connectivity index (χ3n) is 5.90. The van der Waals surface area contributed by atoms with Gasteiger partial charge in [0.15, 0.2) is 12.1 Å². The van der Waals surface area contributed by atoms with Crippen molar-refractivity contribution in [1.82, 2.24) is 15.2 Å². The molecule has 32 heavy (non-hydrogen) atoms. The molecule has 0 bridgehead atoms. The van der Waals surface area contributed by atoms with E-state index >= 15 is 0 Å². The monoisotopic (exact) mass is 439 g/mol. The predicted octanol–water partition coefficient (Wildman–Crippen LogP) is 3.14. The molecule has 8 nitrogen and oxygen atoms in total. The number of ether oxygens (including phenoxy) is 1. The summed E-state index contributed by atoms with van der Waals surface area (Å²) >= 11 is 0. The summed E-state index contributed by atoms with van der Waals surface area (Å²) in [6.45, 7) is 0.182. The van der Waals surface area contributed by atoms with Gasteiger partial charge in [-0.05, 0) is 24.3 Å². The lowest BCUT2D eigenvalue weighted by atomic mass is 9.93. The van der Waals surface area contributed by atoms with Gasteiger partial charge in [-0.25, -0.2) is 13.8 Å². The van der Waals surface area contributed by atoms with E-state index in [0.29, 0.717) is 34.6 Å². The molecule has 1 saturated heterocycles. The fraction of sp³-hybridized carbons (Fsp3) is 0.273. The highest BCUT2D eigenvalue weighted by molar-refractivity contribution is 5.77. The van der Waals surface area contributed by atoms with Crippen LogP contribution in [-0.2, 0) is 0 Å². The molecule has 5 rings (SSSR count). The smallest absolute Gasteiger partial charge is 0.263 e. The van der Waals surface area contributed by atoms with E-state index in [1.807, 2.05) is 0 Å². The number of hydrogen-bond acceptors (Lipinski definition) is 8. The van der Waals surface area contributed by atoms with Crippen molar-refractivity contribution in [3.05, 3.63) is 54.2 Å². The lowest BCUT2D eigenvalue weighted by molar-refractivity contribution is 0.0529. The minimum atomic E-state index is -2.65. The van der Waals surface area contributed by atoms with Gasteiger partial charge in [-0.15, -0.1) is 10.2 Å². The minimum Gasteiger partial charge on any atom is -0.507 e. The normalized spacial score (nSPS) is 21.6. The summed E-state index contributed by atoms with van der Waals surface area (Å²) in [4.78, 5) is 16.5. The molecule has 2 aliphatic heterocycles. The number of carbonyl (C=O) groups is 1. The predicted molar refractivity (Wildman–Crippen MR) is 112 cm³/mol. The van der Waals surface area contributed by atoms with E-state index in [9.17, 15) is 18.7 Å². The van der Waals surface area contributed by atoms with Gasteiger partial charge in [0.1, 0.15) is 17.4 Å². The first kappa shape index (κ1) is 20.1. The quantitative estimate of drug-likeness (QED) is 0.585. The zero-order chi connectivity index (χ0) is 22.3. The average molecular weight is 439 g/mol. The Hall–Kier alpha value is -3.82. The van der Waals surface area contributed by atoms with Gasteiger partial charge >= 0.3 is 0 Å². The third kappa shape index (κ3) is 3.28. The second-order valence-corrected chi connectivity index (χ2v) is 7.84. The number of halogens is 2. The number of para-hydroxylation sites is 1. The SMILES string of the molecule is O=Cc1ccc(O[C@H]2CN3c4cc(-c5ccccc5O)nnc4NC[C@@]3(C(F)F)C2)nc1. The van der Waals surface area contributed by atoms with Crippen LogP contribution in [0.3, 0.4) is 0 Å². The number of aldehydes is 1. The van der Waals surface area contributed by atoms with Crippen molar-refractivity contribution in [2.75, 3.05) is 23.3 Å². The number of phenols is 1. The second kappa shape index (κ2) is 7.70. The number of carbonyl (C=O) groups excluding carboxylic acids is 1. The summed E-state index contributed by atoms with van der Waals surface area (Å²) in [6, 6.07) is 11.4. The number of hydrogen-bond donors (Lipinski definition) is 2. The van der Waals surface area contributed by atoms with Crippen LogP contribution in [0.5, 0.6) is 11.6 Å². The van der Waals surface area contributed by atoms with Crippen molar-refractivity contribution in [1.29, 1.82) is 0 Å². The zero-order valence-electron chi connectivity index (χ0n) is 16.8. The van der Waals surface area contributed by atoms with Crippen LogP contribution in [0.1, 0.15) is 16.8 Å². The van der Waals surface area contributed by atoms with Crippen molar-refractivity contribution in [3.63, 3.8) is 0 Å². The van der Waals surface area contributed by atoms with Crippen LogP contribution in [0.4, 0.5) is 20.3 Å². The van der Waals surface area contributed by atoms with E-state index in [0.717, 1.165) is 0 Å². The number of fused-ring (bicyclic) bond motifs is 3. The van der Waals surface area contributed by atoms with Crippen LogP contribution < -0.4 is 15.0 Å². The number of nitrogens with one attached hydrogen (secondary N) is 1. The topological polar surface area (TPSA) is 100 Å². The molecule has 0 radical (unpaired) electrons. The van der Waals surface area contributed by atoms with Crippen LogP contribution in [0.25, 0.3) is 11.3 Å². The molecular weight excluding hydrogens is 420 g/mol. The summed E-state index contributed by atoms with van der Waals surface area (Å²) in [5, 5.41) is 21.5. The number of pyridine rings is 1. The summed E-state index contributed by atoms with van der Waals surface area (Å²) < 4.78 is 34.7. The summed E-state index contributed by atoms with van der Waals surface area (Å²) in [7, 11) is 0. The molecule has 10 heteroatoms. The Morgan fingerprint density at radius 2 is 2.09 bits per heavy atom. The fourth-order valence-corrected chi connectivity index (χ4v) is 4.30. The van der Waals surface area contributed by atoms with Crippen LogP contribution in [0.15, 0.2) is 48.7 Å². The van der Waals surface area contributed by atoms with Crippen LogP contribution in [0.2, 0.25) is 0 Å². The number of phenolic OH excluding ortho intramolecular Hbond substituents is 1. The fourth-order valence-electron chi connectivity index (χ4n) is 4.30. The lowest BCUT2D eigenvalue weighted by Gasteiger charge is -2.43. The molecule has 0 spiro atoms. The highest BCUT2D eigenvalue weighted by Gasteiger charge is 2.56. The van der Waals surface area contributed by atoms with Crippen LogP contribution >= 0.6 is 0 Å². The van der Waals surface area contributed by atoms with Gasteiger partial charge < -0.3 is 20.1 Å². The van der Waals surface area contributed by atoms with E-state index in [1.165, 1.54) is 12.3 Å². The van der Waals surface area contributed by atoms with Crippen molar-refractivity contribution in [3.8, 4) is 22.9 Å². The summed E-state index contributed by atoms with van der Waals surface area (Å²) in [5.41, 5.74) is 0.227. The zero-order valence-corrected chi connectivity index (χ0v) is 16.8. The molecule has 1 fully saturated rings. The van der Waals surface area contributed by atoms with E-state index in [4.69, 9.17) is 4.74 Å². The van der Waals surface area contributed by atoms with Gasteiger partial charge in [-0.1, -0.05) is 12.1 Å². The Labute approximate surface area is 181 Å². The number of aromatic hydroxyl groups is 1. The Bertz CT molecular complexity index is 1160. The van der Waals surface area contributed by atoms with E-state index < -0.39 is 18.1 Å². The van der Waals surface area contributed by atoms with Gasteiger partial charge in [-0.3, -0.25) is 4.79 Å². The van der Waals surface area contributed by atoms with E-state index in [1.54, 1.807) is 41.3 Å². The first-order chi connectivity index (χ1) is 15.5. The number of rotatable bonds is 5. The maximum absolute atomic E-state index is 14.4. The van der Waals surface area contributed by atoms with Gasteiger partial charge in [0.05, 0.1) is 17.9 Å². The number of aromatic nitrogens is 3. The highest BCUT2D eigenvalue weighted by atomic mass is 19.3. The maximum Gasteiger partial charge on any atom is 0.263 e. The molecule has 164 valence electrons. The van der Waals surface area contributed by atoms with Crippen LogP contribution in [0, 0.1) is 0 Å². The molecule has 0 unspecified atom stereocenters. The summed E-state index contributed by atoms with van der Waals surface area (Å²) in [5.74, 6) is 0.688. The molecule has 2 aromatic heterocycles. The maximum atomic E-state index is 14.4. The first-order valence-corrected chi connectivity index (χ1v) is 10.0. The number of benzene rings is 1. The third-order valence-corrected chi connectivity index (χ3v) is 5.90. The van der Waals surface area contributed by atoms with E-state index in [2.05, 4.69) is 20.5 Å². The van der Waals surface area contributed by atoms with Crippen molar-refractivity contribution in [2.24, 2.45) is 0 Å². The van der Waals surface area contributed by atoms with E-state index in [-0.39, 0.29) is 31.1 Å². The molecule has 4 heterocycles. The molecular formula is C22H19F2N5O3. The second-order valence-electron chi connectivity index (χ2n) is 7.84. The molecule has 2 atom stereocenters. The Morgan fingerprint density at radius 3 is 2.81 bits per heavy atom. The largest absolute Gasteiger partial charge is 0.507 e. The standard InChI is InChI=1S/C22H19F2N5O3/c23-21(24)22-8-14(32-19-6-5-13(11-30)9-25-19)10-29(22)17-7-16(27-28-20(17)26-12-22)15-3-1-2-4-18(15)31/h1-7,9,11,14,21,31H,8,10,12H2,(H,26,28)/t14-,22-/m1/s1. The summed E-state index contributed by atoms with van der Waals surface area (Å²) in [6.07, 6.45) is -1.08.